The van der Waals surface area contributed by atoms with Crippen molar-refractivity contribution in [3.05, 3.63) is 58.4 Å². The molecule has 0 spiro atoms. The maximum atomic E-state index is 9.88. The van der Waals surface area contributed by atoms with Crippen LogP contribution in [-0.4, -0.2) is 21.9 Å². The van der Waals surface area contributed by atoms with Gasteiger partial charge in [0.25, 0.3) is 0 Å². The quantitative estimate of drug-likeness (QED) is 0.734. The van der Waals surface area contributed by atoms with E-state index in [-0.39, 0.29) is 0 Å². The summed E-state index contributed by atoms with van der Waals surface area (Å²) in [4.78, 5) is 4.87. The number of anilines is 2. The summed E-state index contributed by atoms with van der Waals surface area (Å²) in [5.74, 6) is 2.19. The molecule has 2 heterocycles. The number of benzene rings is 1. The molecule has 1 aliphatic rings. The largest absolute Gasteiger partial charge is 0.497 e. The average molecular weight is 373 g/mol. The highest BCUT2D eigenvalue weighted by Crippen LogP contribution is 2.34. The van der Waals surface area contributed by atoms with Crippen LogP contribution >= 0.6 is 0 Å². The highest BCUT2D eigenvalue weighted by Gasteiger charge is 2.24. The van der Waals surface area contributed by atoms with E-state index < -0.39 is 0 Å². The zero-order valence-electron chi connectivity index (χ0n) is 16.4. The van der Waals surface area contributed by atoms with Gasteiger partial charge in [-0.25, -0.2) is 9.67 Å². The van der Waals surface area contributed by atoms with Crippen molar-refractivity contribution in [1.29, 1.82) is 5.26 Å². The Kier molecular flexibility index (Phi) is 4.74. The third-order valence-corrected chi connectivity index (χ3v) is 5.17. The molecule has 1 N–H and O–H groups in total. The van der Waals surface area contributed by atoms with Crippen LogP contribution in [0.15, 0.2) is 30.3 Å². The summed E-state index contributed by atoms with van der Waals surface area (Å²) in [6, 6.07) is 12.0. The molecule has 2 aromatic heterocycles. The van der Waals surface area contributed by atoms with Crippen molar-refractivity contribution in [1.82, 2.24) is 14.8 Å². The maximum absolute atomic E-state index is 9.88. The maximum Gasteiger partial charge on any atom is 0.159 e. The molecule has 1 aliphatic carbocycles. The molecule has 4 rings (SSSR count). The Morgan fingerprint density at radius 1 is 1.11 bits per heavy atom. The monoisotopic (exact) mass is 373 g/mol. The van der Waals surface area contributed by atoms with E-state index in [4.69, 9.17) is 9.72 Å². The van der Waals surface area contributed by atoms with E-state index in [9.17, 15) is 5.26 Å². The number of nitriles is 1. The second-order valence-corrected chi connectivity index (χ2v) is 7.13. The Balaban J connectivity index is 1.86. The number of hydrogen-bond donors (Lipinski definition) is 1. The molecule has 0 unspecified atom stereocenters. The molecule has 3 aromatic rings. The van der Waals surface area contributed by atoms with Gasteiger partial charge in [-0.1, -0.05) is 0 Å². The molecular weight excluding hydrogens is 350 g/mol. The summed E-state index contributed by atoms with van der Waals surface area (Å²) in [5.41, 5.74) is 5.74. The van der Waals surface area contributed by atoms with E-state index in [1.165, 1.54) is 0 Å². The second kappa shape index (κ2) is 7.35. The molecule has 0 radical (unpaired) electrons. The summed E-state index contributed by atoms with van der Waals surface area (Å²) in [6.45, 7) is 4.02. The van der Waals surface area contributed by atoms with Gasteiger partial charge in [-0.05, 0) is 75.4 Å². The van der Waals surface area contributed by atoms with Crippen molar-refractivity contribution in [2.24, 2.45) is 0 Å². The predicted molar refractivity (Wildman–Crippen MR) is 108 cm³/mol. The zero-order chi connectivity index (χ0) is 19.7. The average Bonchev–Trinajstić information content (AvgIpc) is 3.05. The van der Waals surface area contributed by atoms with E-state index in [2.05, 4.69) is 16.5 Å². The van der Waals surface area contributed by atoms with Gasteiger partial charge in [0.05, 0.1) is 18.4 Å². The van der Waals surface area contributed by atoms with Crippen LogP contribution in [0.5, 0.6) is 5.75 Å². The van der Waals surface area contributed by atoms with Gasteiger partial charge >= 0.3 is 0 Å². The molecule has 0 aliphatic heterocycles. The molecule has 0 saturated carbocycles. The van der Waals surface area contributed by atoms with Crippen LogP contribution in [0.2, 0.25) is 0 Å². The highest BCUT2D eigenvalue weighted by atomic mass is 16.5. The van der Waals surface area contributed by atoms with E-state index in [0.717, 1.165) is 65.5 Å². The fraction of sp³-hybridized carbons (Fsp3) is 0.318. The van der Waals surface area contributed by atoms with Gasteiger partial charge in [-0.2, -0.15) is 10.4 Å². The van der Waals surface area contributed by atoms with Gasteiger partial charge in [0.2, 0.25) is 0 Å². The number of ether oxygens (including phenoxy) is 1. The van der Waals surface area contributed by atoms with Gasteiger partial charge in [-0.15, -0.1) is 0 Å². The molecule has 28 heavy (non-hydrogen) atoms. The minimum Gasteiger partial charge on any atom is -0.497 e. The number of nitrogens with zero attached hydrogens (tertiary/aromatic N) is 4. The fourth-order valence-electron chi connectivity index (χ4n) is 3.84. The lowest BCUT2D eigenvalue weighted by molar-refractivity contribution is 0.415. The van der Waals surface area contributed by atoms with Crippen molar-refractivity contribution in [3.63, 3.8) is 0 Å². The van der Waals surface area contributed by atoms with Gasteiger partial charge in [0.15, 0.2) is 11.6 Å². The summed E-state index contributed by atoms with van der Waals surface area (Å²) < 4.78 is 7.13. The number of rotatable bonds is 4. The lowest BCUT2D eigenvalue weighted by Crippen LogP contribution is -2.16. The van der Waals surface area contributed by atoms with Crippen molar-refractivity contribution in [3.8, 4) is 17.6 Å². The SMILES string of the molecule is COc1ccc(Nc2nc(-n3nc(C)cc3C)c3c(c2C#N)CCCC3)cc1. The molecule has 6 nitrogen and oxygen atoms in total. The van der Waals surface area contributed by atoms with Gasteiger partial charge in [-0.3, -0.25) is 0 Å². The van der Waals surface area contributed by atoms with Crippen LogP contribution in [0.3, 0.4) is 0 Å². The first kappa shape index (κ1) is 18.1. The number of aromatic nitrogens is 3. The van der Waals surface area contributed by atoms with E-state index in [1.54, 1.807) is 7.11 Å². The lowest BCUT2D eigenvalue weighted by Gasteiger charge is -2.23. The van der Waals surface area contributed by atoms with Crippen LogP contribution in [0.25, 0.3) is 5.82 Å². The molecule has 0 atom stereocenters. The number of hydrogen-bond acceptors (Lipinski definition) is 5. The Morgan fingerprint density at radius 3 is 2.43 bits per heavy atom. The summed E-state index contributed by atoms with van der Waals surface area (Å²) in [5, 5.41) is 17.9. The highest BCUT2D eigenvalue weighted by molar-refractivity contribution is 5.69. The molecule has 0 fully saturated rings. The molecule has 0 saturated heterocycles. The number of methoxy groups -OCH3 is 1. The number of aryl methyl sites for hydroxylation is 2. The Morgan fingerprint density at radius 2 is 1.82 bits per heavy atom. The molecule has 142 valence electrons. The summed E-state index contributed by atoms with van der Waals surface area (Å²) in [7, 11) is 1.64. The molecule has 0 bridgehead atoms. The Hall–Kier alpha value is -3.33. The van der Waals surface area contributed by atoms with Crippen LogP contribution < -0.4 is 10.1 Å². The molecular formula is C22H23N5O. The van der Waals surface area contributed by atoms with Gasteiger partial charge in [0, 0.05) is 16.9 Å². The standard InChI is InChI=1S/C22H23N5O/c1-14-12-15(2)27(26-14)22-19-7-5-4-6-18(19)20(13-23)21(25-22)24-16-8-10-17(28-3)11-9-16/h8-12H,4-7H2,1-3H3,(H,24,25). The Labute approximate surface area is 164 Å². The number of fused-ring (bicyclic) bond motifs is 1. The van der Waals surface area contributed by atoms with Crippen molar-refractivity contribution >= 4 is 11.5 Å². The lowest BCUT2D eigenvalue weighted by atomic mass is 9.89. The van der Waals surface area contributed by atoms with Crippen LogP contribution in [0.4, 0.5) is 11.5 Å². The summed E-state index contributed by atoms with van der Waals surface area (Å²) in [6.07, 6.45) is 4.01. The minimum atomic E-state index is 0.580. The van der Waals surface area contributed by atoms with Gasteiger partial charge in [0.1, 0.15) is 11.8 Å². The third kappa shape index (κ3) is 3.20. The normalized spacial score (nSPS) is 12.9. The van der Waals surface area contributed by atoms with Gasteiger partial charge < -0.3 is 10.1 Å². The Bertz CT molecular complexity index is 1060. The minimum absolute atomic E-state index is 0.580. The molecule has 6 heteroatoms. The topological polar surface area (TPSA) is 75.8 Å². The van der Waals surface area contributed by atoms with Crippen molar-refractivity contribution in [2.45, 2.75) is 39.5 Å². The van der Waals surface area contributed by atoms with Crippen molar-refractivity contribution < 1.29 is 4.74 Å². The van der Waals surface area contributed by atoms with Crippen LogP contribution in [-0.2, 0) is 12.8 Å². The van der Waals surface area contributed by atoms with E-state index in [1.807, 2.05) is 48.9 Å². The number of pyridine rings is 1. The first-order valence-electron chi connectivity index (χ1n) is 9.51. The van der Waals surface area contributed by atoms with E-state index >= 15 is 0 Å². The molecule has 1 aromatic carbocycles. The van der Waals surface area contributed by atoms with Crippen LogP contribution in [0.1, 0.15) is 40.9 Å². The third-order valence-electron chi connectivity index (χ3n) is 5.17. The van der Waals surface area contributed by atoms with Crippen molar-refractivity contribution in [2.75, 3.05) is 12.4 Å². The smallest absolute Gasteiger partial charge is 0.159 e. The first-order valence-corrected chi connectivity index (χ1v) is 9.51. The second-order valence-electron chi connectivity index (χ2n) is 7.13. The van der Waals surface area contributed by atoms with Crippen LogP contribution in [0, 0.1) is 25.2 Å². The predicted octanol–water partition coefficient (Wildman–Crippen LogP) is 4.39. The fourth-order valence-corrected chi connectivity index (χ4v) is 3.84. The number of nitrogens with one attached hydrogen (secondary N) is 1. The summed E-state index contributed by atoms with van der Waals surface area (Å²) >= 11 is 0. The van der Waals surface area contributed by atoms with E-state index in [0.29, 0.717) is 11.4 Å². The zero-order valence-corrected chi connectivity index (χ0v) is 16.4. The molecule has 0 amide bonds. The first-order chi connectivity index (χ1) is 13.6.